The minimum Gasteiger partial charge on any atom is -0.493 e. The number of H-pyrrole nitrogens is 1. The number of aromatic nitrogens is 1. The molecule has 1 N–H and O–H groups in total. The molecule has 0 fully saturated rings. The van der Waals surface area contributed by atoms with E-state index in [1.807, 2.05) is 11.0 Å². The Bertz CT molecular complexity index is 1050. The number of aromatic amines is 1. The second kappa shape index (κ2) is 7.09. The molecule has 0 spiro atoms. The summed E-state index contributed by atoms with van der Waals surface area (Å²) in [5, 5.41) is 1.50. The number of carbonyl (C=O) groups is 1. The number of carbonyl (C=O) groups excluding carboxylic acids is 1. The summed E-state index contributed by atoms with van der Waals surface area (Å²) in [7, 11) is 3.05. The quantitative estimate of drug-likeness (QED) is 0.625. The van der Waals surface area contributed by atoms with Gasteiger partial charge in [-0.05, 0) is 30.3 Å². The van der Waals surface area contributed by atoms with Gasteiger partial charge in [-0.3, -0.25) is 4.79 Å². The maximum Gasteiger partial charge on any atom is 0.254 e. The summed E-state index contributed by atoms with van der Waals surface area (Å²) in [6.07, 6.45) is 0.786. The molecule has 0 saturated heterocycles. The van der Waals surface area contributed by atoms with Gasteiger partial charge in [-0.1, -0.05) is 27.5 Å². The first-order valence-corrected chi connectivity index (χ1v) is 9.68. The Kier molecular flexibility index (Phi) is 4.78. The first kappa shape index (κ1) is 18.2. The molecule has 1 aliphatic heterocycles. The first-order chi connectivity index (χ1) is 13.0. The average Bonchev–Trinajstić information content (AvgIpc) is 3.03. The largest absolute Gasteiger partial charge is 0.493 e. The third-order valence-corrected chi connectivity index (χ3v) is 5.68. The highest BCUT2D eigenvalue weighted by Gasteiger charge is 2.26. The third-order valence-electron chi connectivity index (χ3n) is 4.90. The Labute approximate surface area is 170 Å². The maximum atomic E-state index is 13.1. The zero-order chi connectivity index (χ0) is 19.1. The van der Waals surface area contributed by atoms with Gasteiger partial charge in [0.1, 0.15) is 0 Å². The molecule has 2 heterocycles. The predicted octanol–water partition coefficient (Wildman–Crippen LogP) is 4.80. The van der Waals surface area contributed by atoms with Crippen LogP contribution in [-0.4, -0.2) is 36.6 Å². The molecule has 3 aromatic rings. The standard InChI is InChI=1S/C20H18BrClN2O3/c1-26-18-8-11(7-15(22)19(18)27-2)20(25)24-6-5-17-14(10-24)13-9-12(21)3-4-16(13)23-17/h3-4,7-9,23H,5-6,10H2,1-2H3. The van der Waals surface area contributed by atoms with Crippen LogP contribution < -0.4 is 9.47 Å². The second-order valence-corrected chi connectivity index (χ2v) is 7.77. The van der Waals surface area contributed by atoms with Gasteiger partial charge < -0.3 is 19.4 Å². The van der Waals surface area contributed by atoms with Crippen molar-refractivity contribution in [2.75, 3.05) is 20.8 Å². The Morgan fingerprint density at radius 1 is 1.22 bits per heavy atom. The summed E-state index contributed by atoms with van der Waals surface area (Å²) in [5.74, 6) is 0.799. The molecule has 1 aliphatic rings. The van der Waals surface area contributed by atoms with E-state index in [1.54, 1.807) is 12.1 Å². The van der Waals surface area contributed by atoms with E-state index >= 15 is 0 Å². The molecule has 0 unspecified atom stereocenters. The summed E-state index contributed by atoms with van der Waals surface area (Å²) in [6, 6.07) is 9.46. The Balaban J connectivity index is 1.68. The van der Waals surface area contributed by atoms with Gasteiger partial charge >= 0.3 is 0 Å². The van der Waals surface area contributed by atoms with Gasteiger partial charge in [-0.15, -0.1) is 0 Å². The number of rotatable bonds is 3. The van der Waals surface area contributed by atoms with E-state index in [0.29, 0.717) is 35.2 Å². The van der Waals surface area contributed by atoms with Gasteiger partial charge in [0.15, 0.2) is 11.5 Å². The molecule has 0 radical (unpaired) electrons. The predicted molar refractivity (Wildman–Crippen MR) is 109 cm³/mol. The number of nitrogens with zero attached hydrogens (tertiary/aromatic N) is 1. The molecule has 7 heteroatoms. The van der Waals surface area contributed by atoms with Gasteiger partial charge in [-0.25, -0.2) is 0 Å². The summed E-state index contributed by atoms with van der Waals surface area (Å²) in [4.78, 5) is 18.4. The monoisotopic (exact) mass is 448 g/mol. The zero-order valence-electron chi connectivity index (χ0n) is 14.9. The van der Waals surface area contributed by atoms with Crippen molar-refractivity contribution < 1.29 is 14.3 Å². The van der Waals surface area contributed by atoms with Crippen LogP contribution in [0.4, 0.5) is 0 Å². The van der Waals surface area contributed by atoms with Crippen LogP contribution in [0.2, 0.25) is 5.02 Å². The molecule has 27 heavy (non-hydrogen) atoms. The fraction of sp³-hybridized carbons (Fsp3) is 0.250. The molecular formula is C20H18BrClN2O3. The number of benzene rings is 2. The number of methoxy groups -OCH3 is 2. The SMILES string of the molecule is COc1cc(C(=O)N2CCc3[nH]c4ccc(Br)cc4c3C2)cc(Cl)c1OC. The summed E-state index contributed by atoms with van der Waals surface area (Å²) in [6.45, 7) is 1.20. The van der Waals surface area contributed by atoms with Crippen molar-refractivity contribution in [3.63, 3.8) is 0 Å². The van der Waals surface area contributed by atoms with Gasteiger partial charge in [0.05, 0.1) is 19.2 Å². The van der Waals surface area contributed by atoms with Crippen molar-refractivity contribution in [2.24, 2.45) is 0 Å². The molecule has 5 nitrogen and oxygen atoms in total. The van der Waals surface area contributed by atoms with Crippen LogP contribution in [0.3, 0.4) is 0 Å². The smallest absolute Gasteiger partial charge is 0.254 e. The molecule has 0 bridgehead atoms. The number of ether oxygens (including phenoxy) is 2. The first-order valence-electron chi connectivity index (χ1n) is 8.51. The number of nitrogens with one attached hydrogen (secondary N) is 1. The van der Waals surface area contributed by atoms with E-state index in [1.165, 1.54) is 19.9 Å². The van der Waals surface area contributed by atoms with Crippen LogP contribution in [0.1, 0.15) is 21.6 Å². The van der Waals surface area contributed by atoms with Crippen LogP contribution in [0.25, 0.3) is 10.9 Å². The van der Waals surface area contributed by atoms with Crippen LogP contribution in [0, 0.1) is 0 Å². The number of hydrogen-bond acceptors (Lipinski definition) is 3. The van der Waals surface area contributed by atoms with Gasteiger partial charge in [-0.2, -0.15) is 0 Å². The molecule has 1 aromatic heterocycles. The summed E-state index contributed by atoms with van der Waals surface area (Å²) >= 11 is 9.80. The highest BCUT2D eigenvalue weighted by atomic mass is 79.9. The van der Waals surface area contributed by atoms with Gasteiger partial charge in [0.25, 0.3) is 5.91 Å². The van der Waals surface area contributed by atoms with Crippen molar-refractivity contribution in [1.82, 2.24) is 9.88 Å². The minimum atomic E-state index is -0.0761. The highest BCUT2D eigenvalue weighted by Crippen LogP contribution is 2.37. The lowest BCUT2D eigenvalue weighted by Crippen LogP contribution is -2.35. The summed E-state index contributed by atoms with van der Waals surface area (Å²) < 4.78 is 11.6. The molecule has 1 amide bonds. The van der Waals surface area contributed by atoms with E-state index in [9.17, 15) is 4.79 Å². The fourth-order valence-corrected chi connectivity index (χ4v) is 4.23. The number of hydrogen-bond donors (Lipinski definition) is 1. The van der Waals surface area contributed by atoms with E-state index in [2.05, 4.69) is 33.0 Å². The number of fused-ring (bicyclic) bond motifs is 3. The normalized spacial score (nSPS) is 13.6. The minimum absolute atomic E-state index is 0.0761. The average molecular weight is 450 g/mol. The molecule has 140 valence electrons. The molecule has 2 aromatic carbocycles. The van der Waals surface area contributed by atoms with Crippen LogP contribution in [-0.2, 0) is 13.0 Å². The molecule has 0 atom stereocenters. The molecule has 0 saturated carbocycles. The third kappa shape index (κ3) is 3.17. The van der Waals surface area contributed by atoms with Gasteiger partial charge in [0, 0.05) is 51.7 Å². The van der Waals surface area contributed by atoms with Crippen molar-refractivity contribution in [1.29, 1.82) is 0 Å². The lowest BCUT2D eigenvalue weighted by Gasteiger charge is -2.27. The Morgan fingerprint density at radius 3 is 2.78 bits per heavy atom. The van der Waals surface area contributed by atoms with Crippen molar-refractivity contribution >= 4 is 44.3 Å². The number of amides is 1. The van der Waals surface area contributed by atoms with Crippen molar-refractivity contribution in [3.8, 4) is 11.5 Å². The highest BCUT2D eigenvalue weighted by molar-refractivity contribution is 9.10. The summed E-state index contributed by atoms with van der Waals surface area (Å²) in [5.41, 5.74) is 3.93. The Morgan fingerprint density at radius 2 is 2.04 bits per heavy atom. The lowest BCUT2D eigenvalue weighted by atomic mass is 10.0. The topological polar surface area (TPSA) is 54.6 Å². The fourth-order valence-electron chi connectivity index (χ4n) is 3.58. The molecular weight excluding hydrogens is 432 g/mol. The van der Waals surface area contributed by atoms with Crippen LogP contribution in [0.5, 0.6) is 11.5 Å². The molecule has 0 aliphatic carbocycles. The van der Waals surface area contributed by atoms with Crippen LogP contribution in [0.15, 0.2) is 34.8 Å². The van der Waals surface area contributed by atoms with Crippen LogP contribution >= 0.6 is 27.5 Å². The van der Waals surface area contributed by atoms with E-state index in [4.69, 9.17) is 21.1 Å². The maximum absolute atomic E-state index is 13.1. The van der Waals surface area contributed by atoms with E-state index in [-0.39, 0.29) is 5.91 Å². The second-order valence-electron chi connectivity index (χ2n) is 6.44. The number of halogens is 2. The van der Waals surface area contributed by atoms with E-state index < -0.39 is 0 Å². The van der Waals surface area contributed by atoms with Gasteiger partial charge in [0.2, 0.25) is 0 Å². The molecule has 4 rings (SSSR count). The van der Waals surface area contributed by atoms with E-state index in [0.717, 1.165) is 27.4 Å². The van der Waals surface area contributed by atoms with Crippen molar-refractivity contribution in [2.45, 2.75) is 13.0 Å². The Hall–Kier alpha value is -2.18. The van der Waals surface area contributed by atoms with Crippen molar-refractivity contribution in [3.05, 3.63) is 56.6 Å². The zero-order valence-corrected chi connectivity index (χ0v) is 17.3. The lowest BCUT2D eigenvalue weighted by molar-refractivity contribution is 0.0734.